The predicted octanol–water partition coefficient (Wildman–Crippen LogP) is 4.17. The van der Waals surface area contributed by atoms with Crippen molar-refractivity contribution in [1.29, 1.82) is 0 Å². The Hall–Kier alpha value is -2.02. The van der Waals surface area contributed by atoms with E-state index in [2.05, 4.69) is 43.3 Å². The van der Waals surface area contributed by atoms with Gasteiger partial charge >= 0.3 is 0 Å². The molecule has 0 atom stereocenters. The molecule has 0 fully saturated rings. The zero-order valence-electron chi connectivity index (χ0n) is 10.2. The molecular formula is C16H16O. The lowest BCUT2D eigenvalue weighted by Gasteiger charge is -2.03. The summed E-state index contributed by atoms with van der Waals surface area (Å²) in [6.45, 7) is 2.09. The molecule has 0 heterocycles. The Bertz CT molecular complexity index is 509. The Labute approximate surface area is 102 Å². The third-order valence-electron chi connectivity index (χ3n) is 2.67. The first-order chi connectivity index (χ1) is 8.29. The third-order valence-corrected chi connectivity index (χ3v) is 2.67. The predicted molar refractivity (Wildman–Crippen MR) is 73.1 cm³/mol. The zero-order valence-corrected chi connectivity index (χ0v) is 10.2. The minimum Gasteiger partial charge on any atom is -0.496 e. The largest absolute Gasteiger partial charge is 0.496 e. The van der Waals surface area contributed by atoms with Crippen LogP contribution < -0.4 is 4.74 Å². The van der Waals surface area contributed by atoms with Crippen molar-refractivity contribution in [3.05, 3.63) is 65.2 Å². The van der Waals surface area contributed by atoms with Crippen molar-refractivity contribution in [2.75, 3.05) is 7.11 Å². The van der Waals surface area contributed by atoms with Gasteiger partial charge in [0.05, 0.1) is 7.11 Å². The Balaban J connectivity index is 2.22. The number of para-hydroxylation sites is 1. The van der Waals surface area contributed by atoms with Crippen molar-refractivity contribution in [3.8, 4) is 5.75 Å². The summed E-state index contributed by atoms with van der Waals surface area (Å²) < 4.78 is 5.30. The lowest BCUT2D eigenvalue weighted by molar-refractivity contribution is 0.414. The topological polar surface area (TPSA) is 9.23 Å². The smallest absolute Gasteiger partial charge is 0.126 e. The number of aryl methyl sites for hydroxylation is 1. The van der Waals surface area contributed by atoms with Gasteiger partial charge in [-0.25, -0.2) is 0 Å². The fourth-order valence-corrected chi connectivity index (χ4v) is 1.67. The summed E-state index contributed by atoms with van der Waals surface area (Å²) >= 11 is 0. The maximum Gasteiger partial charge on any atom is 0.126 e. The van der Waals surface area contributed by atoms with E-state index in [0.717, 1.165) is 11.3 Å². The van der Waals surface area contributed by atoms with Crippen molar-refractivity contribution in [2.24, 2.45) is 0 Å². The summed E-state index contributed by atoms with van der Waals surface area (Å²) in [5, 5.41) is 0. The van der Waals surface area contributed by atoms with Gasteiger partial charge in [0.2, 0.25) is 0 Å². The van der Waals surface area contributed by atoms with E-state index >= 15 is 0 Å². The van der Waals surface area contributed by atoms with E-state index in [4.69, 9.17) is 4.74 Å². The Morgan fingerprint density at radius 1 is 0.882 bits per heavy atom. The number of ether oxygens (including phenoxy) is 1. The van der Waals surface area contributed by atoms with Crippen LogP contribution >= 0.6 is 0 Å². The molecule has 1 heteroatoms. The Morgan fingerprint density at radius 3 is 2.29 bits per heavy atom. The minimum atomic E-state index is 0.899. The van der Waals surface area contributed by atoms with Gasteiger partial charge in [-0.15, -0.1) is 0 Å². The monoisotopic (exact) mass is 224 g/mol. The standard InChI is InChI=1S/C16H16O/c1-13-7-9-14(10-8-13)11-12-15-5-3-4-6-16(15)17-2/h3-12H,1-2H3. The molecule has 0 N–H and O–H groups in total. The van der Waals surface area contributed by atoms with Crippen LogP contribution in [-0.2, 0) is 0 Å². The van der Waals surface area contributed by atoms with Gasteiger partial charge in [-0.3, -0.25) is 0 Å². The van der Waals surface area contributed by atoms with Gasteiger partial charge in [-0.2, -0.15) is 0 Å². The molecule has 17 heavy (non-hydrogen) atoms. The highest BCUT2D eigenvalue weighted by atomic mass is 16.5. The maximum absolute atomic E-state index is 5.30. The van der Waals surface area contributed by atoms with Crippen molar-refractivity contribution in [3.63, 3.8) is 0 Å². The SMILES string of the molecule is COc1ccccc1C=Cc1ccc(C)cc1. The summed E-state index contributed by atoms with van der Waals surface area (Å²) in [7, 11) is 1.69. The highest BCUT2D eigenvalue weighted by molar-refractivity contribution is 5.72. The molecule has 0 aromatic heterocycles. The van der Waals surface area contributed by atoms with Crippen LogP contribution in [0.5, 0.6) is 5.75 Å². The second kappa shape index (κ2) is 5.35. The van der Waals surface area contributed by atoms with Gasteiger partial charge in [0.25, 0.3) is 0 Å². The van der Waals surface area contributed by atoms with E-state index in [1.807, 2.05) is 24.3 Å². The molecular weight excluding hydrogens is 208 g/mol. The van der Waals surface area contributed by atoms with Crippen molar-refractivity contribution in [2.45, 2.75) is 6.92 Å². The molecule has 0 aliphatic carbocycles. The first-order valence-corrected chi connectivity index (χ1v) is 5.67. The van der Waals surface area contributed by atoms with Crippen LogP contribution in [0.4, 0.5) is 0 Å². The summed E-state index contributed by atoms with van der Waals surface area (Å²) in [5.74, 6) is 0.899. The molecule has 0 saturated heterocycles. The number of rotatable bonds is 3. The summed E-state index contributed by atoms with van der Waals surface area (Å²) in [5.41, 5.74) is 3.57. The molecule has 2 rings (SSSR count). The highest BCUT2D eigenvalue weighted by Gasteiger charge is 1.96. The fraction of sp³-hybridized carbons (Fsp3) is 0.125. The lowest BCUT2D eigenvalue weighted by atomic mass is 10.1. The van der Waals surface area contributed by atoms with E-state index in [1.165, 1.54) is 11.1 Å². The molecule has 0 aliphatic heterocycles. The average Bonchev–Trinajstić information content (AvgIpc) is 2.38. The molecule has 2 aromatic rings. The molecule has 2 aromatic carbocycles. The van der Waals surface area contributed by atoms with Crippen molar-refractivity contribution >= 4 is 12.2 Å². The number of hydrogen-bond acceptors (Lipinski definition) is 1. The average molecular weight is 224 g/mol. The molecule has 0 spiro atoms. The third kappa shape index (κ3) is 2.97. The summed E-state index contributed by atoms with van der Waals surface area (Å²) in [6, 6.07) is 16.4. The maximum atomic E-state index is 5.30. The van der Waals surface area contributed by atoms with E-state index < -0.39 is 0 Å². The number of hydrogen-bond donors (Lipinski definition) is 0. The van der Waals surface area contributed by atoms with Gasteiger partial charge in [0.15, 0.2) is 0 Å². The second-order valence-electron chi connectivity index (χ2n) is 3.99. The summed E-state index contributed by atoms with van der Waals surface area (Å²) in [6.07, 6.45) is 4.17. The van der Waals surface area contributed by atoms with Crippen LogP contribution in [0.2, 0.25) is 0 Å². The van der Waals surface area contributed by atoms with Crippen LogP contribution in [-0.4, -0.2) is 7.11 Å². The highest BCUT2D eigenvalue weighted by Crippen LogP contribution is 2.20. The molecule has 0 saturated carbocycles. The quantitative estimate of drug-likeness (QED) is 0.711. The van der Waals surface area contributed by atoms with E-state index in [0.29, 0.717) is 0 Å². The zero-order chi connectivity index (χ0) is 12.1. The summed E-state index contributed by atoms with van der Waals surface area (Å²) in [4.78, 5) is 0. The lowest BCUT2D eigenvalue weighted by Crippen LogP contribution is -1.85. The van der Waals surface area contributed by atoms with E-state index in [9.17, 15) is 0 Å². The van der Waals surface area contributed by atoms with Crippen molar-refractivity contribution < 1.29 is 4.74 Å². The first kappa shape index (κ1) is 11.5. The van der Waals surface area contributed by atoms with E-state index in [-0.39, 0.29) is 0 Å². The molecule has 0 bridgehead atoms. The van der Waals surface area contributed by atoms with Gasteiger partial charge in [-0.1, -0.05) is 60.2 Å². The van der Waals surface area contributed by atoms with Crippen molar-refractivity contribution in [1.82, 2.24) is 0 Å². The molecule has 0 radical (unpaired) electrons. The van der Waals surface area contributed by atoms with Crippen LogP contribution in [0.1, 0.15) is 16.7 Å². The van der Waals surface area contributed by atoms with Crippen LogP contribution in [0.15, 0.2) is 48.5 Å². The van der Waals surface area contributed by atoms with Gasteiger partial charge in [0, 0.05) is 5.56 Å². The normalized spacial score (nSPS) is 10.7. The minimum absolute atomic E-state index is 0.899. The second-order valence-corrected chi connectivity index (χ2v) is 3.99. The van der Waals surface area contributed by atoms with Gasteiger partial charge in [0.1, 0.15) is 5.75 Å². The number of methoxy groups -OCH3 is 1. The Kier molecular flexibility index (Phi) is 3.61. The first-order valence-electron chi connectivity index (χ1n) is 5.67. The van der Waals surface area contributed by atoms with Crippen LogP contribution in [0.25, 0.3) is 12.2 Å². The van der Waals surface area contributed by atoms with Crippen LogP contribution in [0.3, 0.4) is 0 Å². The molecule has 0 aliphatic rings. The Morgan fingerprint density at radius 2 is 1.59 bits per heavy atom. The molecule has 0 amide bonds. The number of benzene rings is 2. The van der Waals surface area contributed by atoms with Gasteiger partial charge in [-0.05, 0) is 18.6 Å². The molecule has 86 valence electrons. The van der Waals surface area contributed by atoms with Gasteiger partial charge < -0.3 is 4.74 Å². The molecule has 0 unspecified atom stereocenters. The fourth-order valence-electron chi connectivity index (χ4n) is 1.67. The van der Waals surface area contributed by atoms with E-state index in [1.54, 1.807) is 7.11 Å². The van der Waals surface area contributed by atoms with Crippen LogP contribution in [0, 0.1) is 6.92 Å². The molecule has 1 nitrogen and oxygen atoms in total.